The van der Waals surface area contributed by atoms with Crippen LogP contribution in [0, 0.1) is 0 Å². The lowest BCUT2D eigenvalue weighted by atomic mass is 10.1. The number of morpholine rings is 1. The first kappa shape index (κ1) is 20.9. The van der Waals surface area contributed by atoms with Gasteiger partial charge in [0.05, 0.1) is 37.7 Å². The Bertz CT molecular complexity index is 1170. The maximum Gasteiger partial charge on any atom is 0.186 e. The molecule has 0 atom stereocenters. The standard InChI is InChI=1S/C24H27N5O2S/c1-30-22-4-2-3-18(11-22)14-29(15-19-5-6-20-13-25-27-23(20)12-19)24-26-21(17-32-24)16-28-7-9-31-10-8-28/h2-6,11-13,17H,7-10,14-16H2,1H3,(H,25,27). The van der Waals surface area contributed by atoms with Gasteiger partial charge < -0.3 is 14.4 Å². The predicted molar refractivity (Wildman–Crippen MR) is 127 cm³/mol. The zero-order valence-electron chi connectivity index (χ0n) is 18.2. The average molecular weight is 450 g/mol. The molecule has 1 aliphatic heterocycles. The first-order valence-corrected chi connectivity index (χ1v) is 11.7. The molecule has 0 bridgehead atoms. The van der Waals surface area contributed by atoms with Crippen LogP contribution in [0.1, 0.15) is 16.8 Å². The van der Waals surface area contributed by atoms with Crippen molar-refractivity contribution < 1.29 is 9.47 Å². The molecular weight excluding hydrogens is 422 g/mol. The second kappa shape index (κ2) is 9.68. The topological polar surface area (TPSA) is 66.5 Å². The summed E-state index contributed by atoms with van der Waals surface area (Å²) in [7, 11) is 1.70. The third-order valence-corrected chi connectivity index (χ3v) is 6.64. The molecule has 0 saturated carbocycles. The highest BCUT2D eigenvalue weighted by atomic mass is 32.1. The Balaban J connectivity index is 1.39. The molecule has 0 spiro atoms. The zero-order valence-corrected chi connectivity index (χ0v) is 19.0. The number of ether oxygens (including phenoxy) is 2. The summed E-state index contributed by atoms with van der Waals surface area (Å²) in [6, 6.07) is 14.7. The summed E-state index contributed by atoms with van der Waals surface area (Å²) in [5.74, 6) is 0.869. The molecule has 1 fully saturated rings. The lowest BCUT2D eigenvalue weighted by Gasteiger charge is -2.25. The van der Waals surface area contributed by atoms with Crippen LogP contribution in [-0.4, -0.2) is 53.5 Å². The van der Waals surface area contributed by atoms with Crippen LogP contribution in [0.25, 0.3) is 10.9 Å². The number of rotatable bonds is 8. The van der Waals surface area contributed by atoms with Crippen LogP contribution in [0.2, 0.25) is 0 Å². The number of nitrogens with zero attached hydrogens (tertiary/aromatic N) is 4. The van der Waals surface area contributed by atoms with Gasteiger partial charge in [-0.25, -0.2) is 4.98 Å². The second-order valence-corrected chi connectivity index (χ2v) is 8.85. The number of fused-ring (bicyclic) bond motifs is 1. The minimum Gasteiger partial charge on any atom is -0.497 e. The number of anilines is 1. The molecule has 0 radical (unpaired) electrons. The summed E-state index contributed by atoms with van der Waals surface area (Å²) in [4.78, 5) is 9.74. The second-order valence-electron chi connectivity index (χ2n) is 8.01. The summed E-state index contributed by atoms with van der Waals surface area (Å²) < 4.78 is 10.9. The molecule has 32 heavy (non-hydrogen) atoms. The lowest BCUT2D eigenvalue weighted by molar-refractivity contribution is 0.0337. The molecule has 7 nitrogen and oxygen atoms in total. The number of hydrogen-bond acceptors (Lipinski definition) is 7. The van der Waals surface area contributed by atoms with Crippen molar-refractivity contribution >= 4 is 27.4 Å². The molecule has 0 unspecified atom stereocenters. The minimum absolute atomic E-state index is 0.753. The van der Waals surface area contributed by atoms with Gasteiger partial charge in [-0.3, -0.25) is 10.00 Å². The van der Waals surface area contributed by atoms with Crippen LogP contribution in [0.4, 0.5) is 5.13 Å². The van der Waals surface area contributed by atoms with Crippen LogP contribution in [-0.2, 0) is 24.4 Å². The smallest absolute Gasteiger partial charge is 0.186 e. The molecule has 1 N–H and O–H groups in total. The van der Waals surface area contributed by atoms with E-state index in [2.05, 4.69) is 55.7 Å². The van der Waals surface area contributed by atoms with Crippen molar-refractivity contribution in [2.45, 2.75) is 19.6 Å². The Morgan fingerprint density at radius 3 is 2.81 bits per heavy atom. The molecule has 1 saturated heterocycles. The normalized spacial score (nSPS) is 14.7. The summed E-state index contributed by atoms with van der Waals surface area (Å²) in [6.07, 6.45) is 1.85. The molecule has 2 aromatic carbocycles. The third kappa shape index (κ3) is 4.93. The van der Waals surface area contributed by atoms with Crippen LogP contribution in [0.3, 0.4) is 0 Å². The van der Waals surface area contributed by atoms with Gasteiger partial charge in [-0.05, 0) is 29.3 Å². The summed E-state index contributed by atoms with van der Waals surface area (Å²) in [5, 5.41) is 11.6. The highest BCUT2D eigenvalue weighted by Crippen LogP contribution is 2.27. The van der Waals surface area contributed by atoms with Gasteiger partial charge in [0.2, 0.25) is 0 Å². The molecule has 166 valence electrons. The summed E-state index contributed by atoms with van der Waals surface area (Å²) >= 11 is 1.71. The summed E-state index contributed by atoms with van der Waals surface area (Å²) in [6.45, 7) is 5.91. The average Bonchev–Trinajstić information content (AvgIpc) is 3.49. The number of hydrogen-bond donors (Lipinski definition) is 1. The molecule has 2 aromatic heterocycles. The molecule has 1 aliphatic rings. The van der Waals surface area contributed by atoms with Gasteiger partial charge in [-0.15, -0.1) is 11.3 Å². The van der Waals surface area contributed by atoms with Crippen molar-refractivity contribution in [3.63, 3.8) is 0 Å². The van der Waals surface area contributed by atoms with Gasteiger partial charge >= 0.3 is 0 Å². The Hall–Kier alpha value is -2.94. The fourth-order valence-corrected chi connectivity index (χ4v) is 4.80. The SMILES string of the molecule is COc1cccc(CN(Cc2ccc3cn[nH]c3c2)c2nc(CN3CCOCC3)cs2)c1. The highest BCUT2D eigenvalue weighted by Gasteiger charge is 2.17. The number of benzene rings is 2. The monoisotopic (exact) mass is 449 g/mol. The number of aromatic amines is 1. The summed E-state index contributed by atoms with van der Waals surface area (Å²) in [5.41, 5.74) is 4.58. The fraction of sp³-hybridized carbons (Fsp3) is 0.333. The van der Waals surface area contributed by atoms with Crippen LogP contribution < -0.4 is 9.64 Å². The number of H-pyrrole nitrogens is 1. The van der Waals surface area contributed by atoms with Gasteiger partial charge in [-0.2, -0.15) is 5.10 Å². The number of thiazole rings is 1. The molecule has 8 heteroatoms. The van der Waals surface area contributed by atoms with Crippen LogP contribution in [0.15, 0.2) is 54.0 Å². The van der Waals surface area contributed by atoms with E-state index in [-0.39, 0.29) is 0 Å². The molecule has 3 heterocycles. The van der Waals surface area contributed by atoms with Crippen molar-refractivity contribution in [1.82, 2.24) is 20.1 Å². The fourth-order valence-electron chi connectivity index (χ4n) is 3.99. The Kier molecular flexibility index (Phi) is 6.34. The third-order valence-electron chi connectivity index (χ3n) is 5.69. The first-order valence-electron chi connectivity index (χ1n) is 10.8. The van der Waals surface area contributed by atoms with E-state index in [1.165, 1.54) is 11.1 Å². The first-order chi connectivity index (χ1) is 15.8. The zero-order chi connectivity index (χ0) is 21.8. The van der Waals surface area contributed by atoms with Gasteiger partial charge in [0.1, 0.15) is 5.75 Å². The van der Waals surface area contributed by atoms with E-state index in [0.29, 0.717) is 0 Å². The Morgan fingerprint density at radius 1 is 1.12 bits per heavy atom. The molecule has 0 aliphatic carbocycles. The lowest BCUT2D eigenvalue weighted by Crippen LogP contribution is -2.35. The van der Waals surface area contributed by atoms with Gasteiger partial charge in [0.15, 0.2) is 5.13 Å². The largest absolute Gasteiger partial charge is 0.497 e. The molecule has 0 amide bonds. The minimum atomic E-state index is 0.753. The molecule has 4 aromatic rings. The van der Waals surface area contributed by atoms with Crippen LogP contribution >= 0.6 is 11.3 Å². The van der Waals surface area contributed by atoms with E-state index in [9.17, 15) is 0 Å². The molecule has 5 rings (SSSR count). The van der Waals surface area contributed by atoms with Crippen molar-refractivity contribution in [3.8, 4) is 5.75 Å². The van der Waals surface area contributed by atoms with Crippen molar-refractivity contribution in [2.75, 3.05) is 38.3 Å². The number of methoxy groups -OCH3 is 1. The van der Waals surface area contributed by atoms with E-state index in [1.807, 2.05) is 18.3 Å². The number of nitrogens with one attached hydrogen (secondary N) is 1. The van der Waals surface area contributed by atoms with Crippen LogP contribution in [0.5, 0.6) is 5.75 Å². The maximum absolute atomic E-state index is 5.47. The van der Waals surface area contributed by atoms with Gasteiger partial charge in [-0.1, -0.05) is 24.3 Å². The van der Waals surface area contributed by atoms with Gasteiger partial charge in [0.25, 0.3) is 0 Å². The van der Waals surface area contributed by atoms with E-state index >= 15 is 0 Å². The van der Waals surface area contributed by atoms with E-state index in [1.54, 1.807) is 18.4 Å². The van der Waals surface area contributed by atoms with Crippen molar-refractivity contribution in [2.24, 2.45) is 0 Å². The highest BCUT2D eigenvalue weighted by molar-refractivity contribution is 7.13. The Labute approximate surface area is 191 Å². The van der Waals surface area contributed by atoms with Crippen molar-refractivity contribution in [1.29, 1.82) is 0 Å². The van der Waals surface area contributed by atoms with Crippen molar-refractivity contribution in [3.05, 3.63) is 70.9 Å². The number of aromatic nitrogens is 3. The maximum atomic E-state index is 5.47. The quantitative estimate of drug-likeness (QED) is 0.438. The Morgan fingerprint density at radius 2 is 1.97 bits per heavy atom. The van der Waals surface area contributed by atoms with E-state index < -0.39 is 0 Å². The predicted octanol–water partition coefficient (Wildman–Crippen LogP) is 4.07. The van der Waals surface area contributed by atoms with Gasteiger partial charge in [0, 0.05) is 43.5 Å². The van der Waals surface area contributed by atoms with E-state index in [0.717, 1.165) is 73.4 Å². The molecular formula is C24H27N5O2S. The van der Waals surface area contributed by atoms with E-state index in [4.69, 9.17) is 14.5 Å².